The fourth-order valence-corrected chi connectivity index (χ4v) is 3.95. The van der Waals surface area contributed by atoms with Crippen molar-refractivity contribution in [3.05, 3.63) is 60.2 Å². The smallest absolute Gasteiger partial charge is 0.475 e. The number of carbonyl (C=O) groups is 2. The van der Waals surface area contributed by atoms with E-state index < -0.39 is 12.1 Å². The molecule has 4 heterocycles. The van der Waals surface area contributed by atoms with Crippen LogP contribution in [-0.2, 0) is 17.4 Å². The van der Waals surface area contributed by atoms with Gasteiger partial charge in [0.25, 0.3) is 5.91 Å². The van der Waals surface area contributed by atoms with Crippen LogP contribution in [0.4, 0.5) is 18.9 Å². The second-order valence-electron chi connectivity index (χ2n) is 8.47. The van der Waals surface area contributed by atoms with E-state index in [1.54, 1.807) is 10.9 Å². The molecule has 184 valence electrons. The minimum Gasteiger partial charge on any atom is -0.475 e. The van der Waals surface area contributed by atoms with Gasteiger partial charge in [-0.15, -0.1) is 0 Å². The number of carbonyl (C=O) groups excluding carboxylic acids is 1. The Hall–Kier alpha value is -3.93. The second-order valence-corrected chi connectivity index (χ2v) is 8.47. The lowest BCUT2D eigenvalue weighted by atomic mass is 9.97. The van der Waals surface area contributed by atoms with Crippen molar-refractivity contribution in [2.24, 2.45) is 7.05 Å². The van der Waals surface area contributed by atoms with Crippen molar-refractivity contribution in [3.8, 4) is 0 Å². The summed E-state index contributed by atoms with van der Waals surface area (Å²) in [4.78, 5) is 26.3. The molecular weight excluding hydrogens is 465 g/mol. The number of anilines is 1. The molecule has 1 atom stereocenters. The number of benzene rings is 1. The largest absolute Gasteiger partial charge is 0.490 e. The van der Waals surface area contributed by atoms with Crippen LogP contribution >= 0.6 is 0 Å². The van der Waals surface area contributed by atoms with E-state index in [0.29, 0.717) is 5.56 Å². The Balaban J connectivity index is 0.000000364. The van der Waals surface area contributed by atoms with Crippen molar-refractivity contribution < 1.29 is 27.9 Å². The number of carboxylic acid groups (broad SMARTS) is 1. The number of aryl methyl sites for hydroxylation is 1. The maximum atomic E-state index is 12.7. The molecule has 0 aliphatic carbocycles. The van der Waals surface area contributed by atoms with Gasteiger partial charge in [-0.25, -0.2) is 9.78 Å². The number of alkyl halides is 3. The predicted molar refractivity (Wildman–Crippen MR) is 122 cm³/mol. The van der Waals surface area contributed by atoms with Crippen LogP contribution in [0.5, 0.6) is 0 Å². The molecular formula is C23H23F3N6O3. The van der Waals surface area contributed by atoms with Crippen LogP contribution < -0.4 is 10.6 Å². The number of pyridine rings is 1. The Labute approximate surface area is 197 Å². The monoisotopic (exact) mass is 488 g/mol. The van der Waals surface area contributed by atoms with E-state index in [1.807, 2.05) is 54.2 Å². The lowest BCUT2D eigenvalue weighted by Crippen LogP contribution is -2.33. The molecule has 0 spiro atoms. The van der Waals surface area contributed by atoms with Crippen LogP contribution in [-0.4, -0.2) is 48.9 Å². The topological polar surface area (TPSA) is 114 Å². The number of nitrogens with zero attached hydrogens (tertiary/aromatic N) is 4. The van der Waals surface area contributed by atoms with Gasteiger partial charge in [-0.3, -0.25) is 9.48 Å². The number of aromatic nitrogens is 4. The molecule has 9 nitrogen and oxygen atoms in total. The number of rotatable bonds is 3. The zero-order valence-electron chi connectivity index (χ0n) is 18.9. The van der Waals surface area contributed by atoms with Gasteiger partial charge in [0.15, 0.2) is 0 Å². The fourth-order valence-electron chi connectivity index (χ4n) is 3.95. The molecule has 1 amide bonds. The molecule has 1 saturated heterocycles. The second kappa shape index (κ2) is 9.02. The number of amides is 1. The first-order valence-corrected chi connectivity index (χ1v) is 10.7. The molecule has 35 heavy (non-hydrogen) atoms. The summed E-state index contributed by atoms with van der Waals surface area (Å²) < 4.78 is 35.5. The van der Waals surface area contributed by atoms with Crippen LogP contribution in [0.15, 0.2) is 48.9 Å². The number of halogens is 3. The van der Waals surface area contributed by atoms with Gasteiger partial charge in [0, 0.05) is 30.4 Å². The third-order valence-corrected chi connectivity index (χ3v) is 5.89. The van der Waals surface area contributed by atoms with Gasteiger partial charge in [-0.05, 0) is 56.6 Å². The summed E-state index contributed by atoms with van der Waals surface area (Å²) in [5.74, 6) is -2.90. The first-order chi connectivity index (χ1) is 16.5. The zero-order chi connectivity index (χ0) is 25.4. The first kappa shape index (κ1) is 24.2. The number of fused-ring (bicyclic) bond motifs is 2. The van der Waals surface area contributed by atoms with E-state index in [2.05, 4.69) is 22.7 Å². The molecule has 0 radical (unpaired) electrons. The highest BCUT2D eigenvalue weighted by Crippen LogP contribution is 2.30. The Morgan fingerprint density at radius 1 is 1.20 bits per heavy atom. The summed E-state index contributed by atoms with van der Waals surface area (Å²) in [6, 6.07) is 9.41. The highest BCUT2D eigenvalue weighted by atomic mass is 19.4. The standard InChI is InChI=1S/C21H22N6O.C2HF3O2/c1-21(8-3-9-22-21)18-13-27-12-16(5-7-19(27)25-18)24-20(28)14-4-6-17-15(10-14)11-23-26(17)2;3-2(4,5)1(6)7/h4-7,10-13,22H,3,8-9H2,1-2H3,(H,24,28);(H,6,7)/t21-;/m1./s1. The molecule has 5 rings (SSSR count). The SMILES string of the molecule is Cn1ncc2cc(C(=O)Nc3ccc4nc([C@@]5(C)CCCN5)cn4c3)ccc21.O=C(O)C(F)(F)F. The number of nitrogens with one attached hydrogen (secondary N) is 2. The molecule has 0 bridgehead atoms. The Morgan fingerprint density at radius 3 is 2.60 bits per heavy atom. The lowest BCUT2D eigenvalue weighted by molar-refractivity contribution is -0.192. The fraction of sp³-hybridized carbons (Fsp3) is 0.304. The Bertz CT molecular complexity index is 1400. The highest BCUT2D eigenvalue weighted by molar-refractivity contribution is 6.06. The third kappa shape index (κ3) is 5.11. The van der Waals surface area contributed by atoms with Crippen molar-refractivity contribution in [2.45, 2.75) is 31.5 Å². The molecule has 3 aromatic heterocycles. The summed E-state index contributed by atoms with van der Waals surface area (Å²) >= 11 is 0. The van der Waals surface area contributed by atoms with Crippen LogP contribution in [0.3, 0.4) is 0 Å². The van der Waals surface area contributed by atoms with Crippen molar-refractivity contribution >= 4 is 34.1 Å². The van der Waals surface area contributed by atoms with Crippen molar-refractivity contribution in [2.75, 3.05) is 11.9 Å². The lowest BCUT2D eigenvalue weighted by Gasteiger charge is -2.21. The molecule has 1 aliphatic rings. The molecule has 3 N–H and O–H groups in total. The Kier molecular flexibility index (Phi) is 6.24. The summed E-state index contributed by atoms with van der Waals surface area (Å²) in [6.07, 6.45) is 2.88. The third-order valence-electron chi connectivity index (χ3n) is 5.89. The maximum absolute atomic E-state index is 12.7. The van der Waals surface area contributed by atoms with Crippen LogP contribution in [0, 0.1) is 0 Å². The predicted octanol–water partition coefficient (Wildman–Crippen LogP) is 3.71. The van der Waals surface area contributed by atoms with Gasteiger partial charge >= 0.3 is 12.1 Å². The van der Waals surface area contributed by atoms with Crippen LogP contribution in [0.1, 0.15) is 35.8 Å². The summed E-state index contributed by atoms with van der Waals surface area (Å²) in [5, 5.41) is 18.8. The summed E-state index contributed by atoms with van der Waals surface area (Å²) in [5.41, 5.74) is 4.18. The van der Waals surface area contributed by atoms with Crippen molar-refractivity contribution in [1.29, 1.82) is 0 Å². The van der Waals surface area contributed by atoms with Crippen LogP contribution in [0.2, 0.25) is 0 Å². The average molecular weight is 488 g/mol. The van der Waals surface area contributed by atoms with Gasteiger partial charge in [0.2, 0.25) is 0 Å². The van der Waals surface area contributed by atoms with Gasteiger partial charge in [0.05, 0.1) is 28.6 Å². The van der Waals surface area contributed by atoms with Crippen LogP contribution in [0.25, 0.3) is 16.6 Å². The van der Waals surface area contributed by atoms with Gasteiger partial charge in [0.1, 0.15) is 5.65 Å². The van der Waals surface area contributed by atoms with Gasteiger partial charge in [-0.1, -0.05) is 0 Å². The number of hydrogen-bond donors (Lipinski definition) is 3. The summed E-state index contributed by atoms with van der Waals surface area (Å²) in [7, 11) is 1.89. The molecule has 0 unspecified atom stereocenters. The first-order valence-electron chi connectivity index (χ1n) is 10.7. The van der Waals surface area contributed by atoms with E-state index in [1.165, 1.54) is 0 Å². The van der Waals surface area contributed by atoms with Gasteiger partial charge < -0.3 is 20.1 Å². The van der Waals surface area contributed by atoms with Crippen molar-refractivity contribution in [3.63, 3.8) is 0 Å². The molecule has 1 aromatic carbocycles. The quantitative estimate of drug-likeness (QED) is 0.405. The van der Waals surface area contributed by atoms with E-state index >= 15 is 0 Å². The number of imidazole rings is 1. The number of carboxylic acids is 1. The summed E-state index contributed by atoms with van der Waals surface area (Å²) in [6.45, 7) is 3.21. The maximum Gasteiger partial charge on any atom is 0.490 e. The normalized spacial score (nSPS) is 17.9. The average Bonchev–Trinajstić information content (AvgIpc) is 3.52. The van der Waals surface area contributed by atoms with Crippen molar-refractivity contribution in [1.82, 2.24) is 24.5 Å². The molecule has 1 fully saturated rings. The Morgan fingerprint density at radius 2 is 1.94 bits per heavy atom. The molecule has 12 heteroatoms. The number of hydrogen-bond acceptors (Lipinski definition) is 5. The zero-order valence-corrected chi connectivity index (χ0v) is 18.9. The van der Waals surface area contributed by atoms with E-state index in [9.17, 15) is 18.0 Å². The highest BCUT2D eigenvalue weighted by Gasteiger charge is 2.38. The molecule has 1 aliphatic heterocycles. The minimum absolute atomic E-state index is 0.0748. The number of aliphatic carboxylic acids is 1. The van der Waals surface area contributed by atoms with E-state index in [0.717, 1.165) is 47.3 Å². The van der Waals surface area contributed by atoms with E-state index in [-0.39, 0.29) is 11.4 Å². The van der Waals surface area contributed by atoms with E-state index in [4.69, 9.17) is 14.9 Å². The molecule has 4 aromatic rings. The molecule has 0 saturated carbocycles. The minimum atomic E-state index is -5.08. The van der Waals surface area contributed by atoms with Gasteiger partial charge in [-0.2, -0.15) is 18.3 Å².